The zero-order valence-corrected chi connectivity index (χ0v) is 12.1. The van der Waals surface area contributed by atoms with Crippen LogP contribution in [0.15, 0.2) is 24.3 Å². The number of hydrogen-bond donors (Lipinski definition) is 1. The van der Waals surface area contributed by atoms with E-state index in [1.807, 2.05) is 0 Å². The van der Waals surface area contributed by atoms with Gasteiger partial charge in [0.15, 0.2) is 0 Å². The van der Waals surface area contributed by atoms with Crippen molar-refractivity contribution in [1.82, 2.24) is 5.32 Å². The molecule has 1 aliphatic rings. The second kappa shape index (κ2) is 5.61. The fraction of sp³-hybridized carbons (Fsp3) is 0.333. The van der Waals surface area contributed by atoms with Gasteiger partial charge in [0.2, 0.25) is 0 Å². The van der Waals surface area contributed by atoms with Crippen molar-refractivity contribution < 1.29 is 4.39 Å². The maximum absolute atomic E-state index is 13.8. The van der Waals surface area contributed by atoms with E-state index in [0.29, 0.717) is 17.0 Å². The topological polar surface area (TPSA) is 12.0 Å². The van der Waals surface area contributed by atoms with E-state index in [4.69, 9.17) is 11.6 Å². The summed E-state index contributed by atoms with van der Waals surface area (Å²) in [4.78, 5) is 2.64. The molecule has 3 rings (SSSR count). The van der Waals surface area contributed by atoms with Crippen LogP contribution < -0.4 is 5.32 Å². The fourth-order valence-corrected chi connectivity index (χ4v) is 3.92. The molecule has 100 valence electrons. The van der Waals surface area contributed by atoms with Crippen molar-refractivity contribution in [3.8, 4) is 0 Å². The molecule has 0 aliphatic carbocycles. The lowest BCUT2D eigenvalue weighted by molar-refractivity contribution is 0.614. The summed E-state index contributed by atoms with van der Waals surface area (Å²) in [6, 6.07) is 7.10. The predicted molar refractivity (Wildman–Crippen MR) is 78.8 cm³/mol. The average molecular weight is 296 g/mol. The first kappa shape index (κ1) is 13.1. The van der Waals surface area contributed by atoms with Crippen molar-refractivity contribution in [3.05, 3.63) is 56.0 Å². The maximum atomic E-state index is 13.8. The van der Waals surface area contributed by atoms with E-state index < -0.39 is 0 Å². The van der Waals surface area contributed by atoms with Crippen molar-refractivity contribution in [1.29, 1.82) is 0 Å². The van der Waals surface area contributed by atoms with Gasteiger partial charge in [0.05, 0.1) is 0 Å². The first-order valence-electron chi connectivity index (χ1n) is 6.48. The lowest BCUT2D eigenvalue weighted by atomic mass is 10.1. The van der Waals surface area contributed by atoms with Gasteiger partial charge in [-0.1, -0.05) is 17.7 Å². The van der Waals surface area contributed by atoms with Gasteiger partial charge in [-0.3, -0.25) is 0 Å². The monoisotopic (exact) mass is 295 g/mol. The number of halogens is 2. The molecule has 2 aromatic rings. The van der Waals surface area contributed by atoms with Gasteiger partial charge in [-0.05, 0) is 49.7 Å². The Kier molecular flexibility index (Phi) is 3.87. The highest BCUT2D eigenvalue weighted by atomic mass is 35.5. The summed E-state index contributed by atoms with van der Waals surface area (Å²) in [5.41, 5.74) is 2.02. The molecule has 19 heavy (non-hydrogen) atoms. The third kappa shape index (κ3) is 2.83. The van der Waals surface area contributed by atoms with E-state index in [-0.39, 0.29) is 5.82 Å². The highest BCUT2D eigenvalue weighted by Gasteiger charge is 2.14. The largest absolute Gasteiger partial charge is 0.316 e. The summed E-state index contributed by atoms with van der Waals surface area (Å²) < 4.78 is 13.8. The van der Waals surface area contributed by atoms with Crippen LogP contribution in [-0.4, -0.2) is 13.1 Å². The number of thiophene rings is 1. The van der Waals surface area contributed by atoms with Crippen LogP contribution in [0.1, 0.15) is 20.9 Å². The smallest absolute Gasteiger partial charge is 0.128 e. The van der Waals surface area contributed by atoms with E-state index >= 15 is 0 Å². The molecule has 0 unspecified atom stereocenters. The van der Waals surface area contributed by atoms with Gasteiger partial charge in [0.1, 0.15) is 5.82 Å². The molecule has 0 atom stereocenters. The number of nitrogens with one attached hydrogen (secondary N) is 1. The quantitative estimate of drug-likeness (QED) is 0.888. The molecule has 2 heterocycles. The first-order chi connectivity index (χ1) is 9.24. The molecule has 0 fully saturated rings. The highest BCUT2D eigenvalue weighted by molar-refractivity contribution is 7.12. The van der Waals surface area contributed by atoms with E-state index in [1.165, 1.54) is 21.4 Å². The van der Waals surface area contributed by atoms with Crippen LogP contribution in [0.5, 0.6) is 0 Å². The Labute approximate surface area is 121 Å². The molecule has 0 saturated carbocycles. The Bertz CT molecular complexity index is 550. The molecule has 1 nitrogen and oxygen atoms in total. The van der Waals surface area contributed by atoms with Crippen LogP contribution in [0.4, 0.5) is 4.39 Å². The molecule has 1 aromatic heterocycles. The average Bonchev–Trinajstić information content (AvgIpc) is 2.64. The standard InChI is InChI=1S/C15H15ClFNS/c16-13-2-1-3-14(17)12(13)9-11-8-10-4-6-18-7-5-15(10)19-11/h1-3,8,18H,4-7,9H2. The van der Waals surface area contributed by atoms with E-state index in [1.54, 1.807) is 23.5 Å². The number of hydrogen-bond acceptors (Lipinski definition) is 2. The van der Waals surface area contributed by atoms with Gasteiger partial charge < -0.3 is 5.32 Å². The summed E-state index contributed by atoms with van der Waals surface area (Å²) in [6.07, 6.45) is 2.73. The van der Waals surface area contributed by atoms with Crippen LogP contribution in [0.25, 0.3) is 0 Å². The van der Waals surface area contributed by atoms with Crippen LogP contribution in [0, 0.1) is 5.82 Å². The normalized spacial score (nSPS) is 15.1. The lowest BCUT2D eigenvalue weighted by Crippen LogP contribution is -2.16. The van der Waals surface area contributed by atoms with Gasteiger partial charge in [0.25, 0.3) is 0 Å². The predicted octanol–water partition coefficient (Wildman–Crippen LogP) is 3.82. The Morgan fingerprint density at radius 2 is 2.11 bits per heavy atom. The maximum Gasteiger partial charge on any atom is 0.128 e. The second-order valence-corrected chi connectivity index (χ2v) is 6.42. The van der Waals surface area contributed by atoms with Crippen molar-refractivity contribution in [2.24, 2.45) is 0 Å². The van der Waals surface area contributed by atoms with E-state index in [9.17, 15) is 4.39 Å². The van der Waals surface area contributed by atoms with E-state index in [2.05, 4.69) is 11.4 Å². The number of rotatable bonds is 2. The van der Waals surface area contributed by atoms with Crippen molar-refractivity contribution in [2.45, 2.75) is 19.3 Å². The Hall–Kier alpha value is -0.900. The minimum absolute atomic E-state index is 0.210. The van der Waals surface area contributed by atoms with Gasteiger partial charge in [-0.25, -0.2) is 4.39 Å². The Balaban J connectivity index is 1.88. The zero-order valence-electron chi connectivity index (χ0n) is 10.5. The third-order valence-corrected chi connectivity index (χ3v) is 5.05. The molecule has 0 bridgehead atoms. The number of benzene rings is 1. The van der Waals surface area contributed by atoms with Crippen molar-refractivity contribution in [3.63, 3.8) is 0 Å². The highest BCUT2D eigenvalue weighted by Crippen LogP contribution is 2.29. The van der Waals surface area contributed by atoms with E-state index in [0.717, 1.165) is 25.9 Å². The minimum Gasteiger partial charge on any atom is -0.316 e. The summed E-state index contributed by atoms with van der Waals surface area (Å²) in [6.45, 7) is 2.07. The third-order valence-electron chi connectivity index (χ3n) is 3.46. The van der Waals surface area contributed by atoms with Gasteiger partial charge >= 0.3 is 0 Å². The summed E-state index contributed by atoms with van der Waals surface area (Å²) in [5.74, 6) is -0.210. The molecule has 0 spiro atoms. The van der Waals surface area contributed by atoms with Gasteiger partial charge in [-0.2, -0.15) is 0 Å². The molecular formula is C15H15ClFNS. The second-order valence-electron chi connectivity index (χ2n) is 4.79. The Morgan fingerprint density at radius 3 is 2.95 bits per heavy atom. The molecule has 1 N–H and O–H groups in total. The number of fused-ring (bicyclic) bond motifs is 1. The molecule has 0 amide bonds. The lowest BCUT2D eigenvalue weighted by Gasteiger charge is -2.04. The molecule has 0 radical (unpaired) electrons. The summed E-state index contributed by atoms with van der Waals surface area (Å²) in [5, 5.41) is 3.91. The molecule has 1 aromatic carbocycles. The van der Waals surface area contributed by atoms with Crippen LogP contribution in [0.2, 0.25) is 5.02 Å². The van der Waals surface area contributed by atoms with Crippen LogP contribution in [0.3, 0.4) is 0 Å². The van der Waals surface area contributed by atoms with Crippen molar-refractivity contribution in [2.75, 3.05) is 13.1 Å². The molecule has 0 saturated heterocycles. The van der Waals surface area contributed by atoms with Gasteiger partial charge in [0, 0.05) is 26.8 Å². The summed E-state index contributed by atoms with van der Waals surface area (Å²) in [7, 11) is 0. The molecule has 4 heteroatoms. The zero-order chi connectivity index (χ0) is 13.2. The first-order valence-corrected chi connectivity index (χ1v) is 7.67. The molecule has 1 aliphatic heterocycles. The minimum atomic E-state index is -0.210. The Morgan fingerprint density at radius 1 is 1.26 bits per heavy atom. The molecular weight excluding hydrogens is 281 g/mol. The summed E-state index contributed by atoms with van der Waals surface area (Å²) >= 11 is 7.88. The van der Waals surface area contributed by atoms with Crippen LogP contribution >= 0.6 is 22.9 Å². The van der Waals surface area contributed by atoms with Crippen LogP contribution in [-0.2, 0) is 19.3 Å². The van der Waals surface area contributed by atoms with Crippen molar-refractivity contribution >= 4 is 22.9 Å². The van der Waals surface area contributed by atoms with Gasteiger partial charge in [-0.15, -0.1) is 11.3 Å². The SMILES string of the molecule is Fc1cccc(Cl)c1Cc1cc2c(s1)CCNCC2. The fourth-order valence-electron chi connectivity index (χ4n) is 2.46.